The first-order valence-electron chi connectivity index (χ1n) is 11.6. The molecular formula is C25H28F3N7O3. The van der Waals surface area contributed by atoms with E-state index >= 15 is 0 Å². The second-order valence-corrected chi connectivity index (χ2v) is 8.47. The number of pyridine rings is 1. The van der Waals surface area contributed by atoms with E-state index in [1.807, 2.05) is 18.7 Å². The number of amides is 3. The summed E-state index contributed by atoms with van der Waals surface area (Å²) in [5, 5.41) is 7.34. The van der Waals surface area contributed by atoms with Gasteiger partial charge in [-0.15, -0.1) is 0 Å². The number of carbonyl (C=O) groups is 2. The van der Waals surface area contributed by atoms with Crippen LogP contribution in [0, 0.1) is 6.92 Å². The minimum atomic E-state index is -4.72. The number of aryl methyl sites for hydroxylation is 1. The number of hydrogen-bond donors (Lipinski definition) is 3. The van der Waals surface area contributed by atoms with Crippen LogP contribution in [0.2, 0.25) is 0 Å². The van der Waals surface area contributed by atoms with E-state index in [1.54, 1.807) is 26.4 Å². The number of urea groups is 1. The molecule has 202 valence electrons. The maximum atomic E-state index is 13.4. The molecule has 0 aliphatic rings. The Morgan fingerprint density at radius 3 is 2.29 bits per heavy atom. The topological polar surface area (TPSA) is 121 Å². The van der Waals surface area contributed by atoms with Gasteiger partial charge in [0, 0.05) is 36.1 Å². The lowest BCUT2D eigenvalue weighted by Crippen LogP contribution is -2.31. The third-order valence-electron chi connectivity index (χ3n) is 5.13. The molecule has 0 saturated carbocycles. The Labute approximate surface area is 217 Å². The summed E-state index contributed by atoms with van der Waals surface area (Å²) in [6.07, 6.45) is -0.436. The summed E-state index contributed by atoms with van der Waals surface area (Å²) in [4.78, 5) is 39.4. The molecule has 3 N–H and O–H groups in total. The van der Waals surface area contributed by atoms with Crippen LogP contribution in [0.3, 0.4) is 0 Å². The zero-order chi connectivity index (χ0) is 27.9. The third-order valence-corrected chi connectivity index (χ3v) is 5.13. The highest BCUT2D eigenvalue weighted by Crippen LogP contribution is 2.32. The van der Waals surface area contributed by atoms with Gasteiger partial charge in [-0.3, -0.25) is 9.78 Å². The Morgan fingerprint density at radius 2 is 1.66 bits per heavy atom. The summed E-state index contributed by atoms with van der Waals surface area (Å²) in [6.45, 7) is 4.89. The van der Waals surface area contributed by atoms with Crippen LogP contribution in [0.4, 0.5) is 29.3 Å². The monoisotopic (exact) mass is 531 g/mol. The number of ether oxygens (including phenoxy) is 1. The van der Waals surface area contributed by atoms with Gasteiger partial charge in [0.1, 0.15) is 5.75 Å². The standard InChI is InChI=1S/C25H28F3N7O3/c1-5-38-21-10-17(12-30-15(21)2)22-31-13-20(14-32-22)34-24(37)33-19-9-16(8-18(11-19)25(26,27)28)23(36)29-6-7-35(3)4/h8-14H,5-7H2,1-4H3,(H,29,36)(H2,33,34,37). The fraction of sp³-hybridized carbons (Fsp3) is 0.320. The van der Waals surface area contributed by atoms with Crippen molar-refractivity contribution >= 4 is 23.3 Å². The summed E-state index contributed by atoms with van der Waals surface area (Å²) in [5.41, 5.74) is 0.00937. The predicted octanol–water partition coefficient (Wildman–Crippen LogP) is 4.20. The number of hydrogen-bond acceptors (Lipinski definition) is 7. The van der Waals surface area contributed by atoms with Crippen molar-refractivity contribution in [3.05, 3.63) is 59.7 Å². The van der Waals surface area contributed by atoms with Crippen LogP contribution in [-0.4, -0.2) is 65.6 Å². The summed E-state index contributed by atoms with van der Waals surface area (Å²) in [6, 6.07) is 3.56. The second kappa shape index (κ2) is 12.3. The number of nitrogens with one attached hydrogen (secondary N) is 3. The molecule has 2 heterocycles. The molecule has 3 amide bonds. The lowest BCUT2D eigenvalue weighted by molar-refractivity contribution is -0.137. The Morgan fingerprint density at radius 1 is 0.974 bits per heavy atom. The molecule has 3 rings (SSSR count). The fourth-order valence-electron chi connectivity index (χ4n) is 3.26. The maximum Gasteiger partial charge on any atom is 0.416 e. The molecule has 10 nitrogen and oxygen atoms in total. The van der Waals surface area contributed by atoms with E-state index in [2.05, 4.69) is 30.9 Å². The van der Waals surface area contributed by atoms with Crippen molar-refractivity contribution in [1.29, 1.82) is 0 Å². The Hall–Kier alpha value is -4.26. The van der Waals surface area contributed by atoms with Crippen LogP contribution in [0.1, 0.15) is 28.5 Å². The molecule has 0 bridgehead atoms. The second-order valence-electron chi connectivity index (χ2n) is 8.47. The number of carbonyl (C=O) groups excluding carboxylic acids is 2. The molecule has 2 aromatic heterocycles. The first-order chi connectivity index (χ1) is 18.0. The van der Waals surface area contributed by atoms with Gasteiger partial charge in [0.15, 0.2) is 5.82 Å². The van der Waals surface area contributed by atoms with E-state index in [-0.39, 0.29) is 23.5 Å². The van der Waals surface area contributed by atoms with E-state index in [9.17, 15) is 22.8 Å². The Kier molecular flexibility index (Phi) is 9.18. The highest BCUT2D eigenvalue weighted by molar-refractivity contribution is 6.01. The number of halogens is 3. The van der Waals surface area contributed by atoms with Gasteiger partial charge in [0.05, 0.1) is 35.9 Å². The summed E-state index contributed by atoms with van der Waals surface area (Å²) in [5.74, 6) is 0.248. The number of likely N-dealkylation sites (N-methyl/N-ethyl adjacent to an activating group) is 1. The molecule has 0 fully saturated rings. The molecule has 0 saturated heterocycles. The largest absolute Gasteiger partial charge is 0.492 e. The van der Waals surface area contributed by atoms with Crippen molar-refractivity contribution in [2.45, 2.75) is 20.0 Å². The normalized spacial score (nSPS) is 11.3. The quantitative estimate of drug-likeness (QED) is 0.378. The number of anilines is 2. The molecular weight excluding hydrogens is 503 g/mol. The van der Waals surface area contributed by atoms with Gasteiger partial charge < -0.3 is 25.6 Å². The van der Waals surface area contributed by atoms with Gasteiger partial charge in [0.25, 0.3) is 5.91 Å². The van der Waals surface area contributed by atoms with E-state index in [4.69, 9.17) is 4.74 Å². The molecule has 0 atom stereocenters. The van der Waals surface area contributed by atoms with Gasteiger partial charge in [-0.2, -0.15) is 13.2 Å². The van der Waals surface area contributed by atoms with Gasteiger partial charge in [-0.05, 0) is 52.2 Å². The van der Waals surface area contributed by atoms with Crippen LogP contribution >= 0.6 is 0 Å². The number of benzene rings is 1. The number of nitrogens with zero attached hydrogens (tertiary/aromatic N) is 4. The molecule has 0 aliphatic heterocycles. The Bertz CT molecular complexity index is 1280. The molecule has 0 spiro atoms. The summed E-state index contributed by atoms with van der Waals surface area (Å²) >= 11 is 0. The van der Waals surface area contributed by atoms with Crippen LogP contribution in [-0.2, 0) is 6.18 Å². The van der Waals surface area contributed by atoms with Gasteiger partial charge >= 0.3 is 12.2 Å². The zero-order valence-electron chi connectivity index (χ0n) is 21.3. The molecule has 0 aliphatic carbocycles. The fourth-order valence-corrected chi connectivity index (χ4v) is 3.26. The lowest BCUT2D eigenvalue weighted by Gasteiger charge is -2.14. The van der Waals surface area contributed by atoms with Crippen molar-refractivity contribution in [3.8, 4) is 17.1 Å². The molecule has 3 aromatic rings. The highest BCUT2D eigenvalue weighted by Gasteiger charge is 2.32. The molecule has 13 heteroatoms. The van der Waals surface area contributed by atoms with E-state index in [0.29, 0.717) is 36.0 Å². The highest BCUT2D eigenvalue weighted by atomic mass is 19.4. The third kappa shape index (κ3) is 7.87. The zero-order valence-corrected chi connectivity index (χ0v) is 21.3. The minimum absolute atomic E-state index is 0.199. The first kappa shape index (κ1) is 28.3. The van der Waals surface area contributed by atoms with Crippen LogP contribution in [0.15, 0.2) is 42.9 Å². The average Bonchev–Trinajstić information content (AvgIpc) is 2.85. The molecule has 0 unspecified atom stereocenters. The van der Waals surface area contributed by atoms with E-state index in [1.165, 1.54) is 18.5 Å². The summed E-state index contributed by atoms with van der Waals surface area (Å²) < 4.78 is 45.8. The smallest absolute Gasteiger partial charge is 0.416 e. The van der Waals surface area contributed by atoms with Crippen molar-refractivity contribution in [3.63, 3.8) is 0 Å². The van der Waals surface area contributed by atoms with Crippen molar-refractivity contribution in [2.24, 2.45) is 0 Å². The minimum Gasteiger partial charge on any atom is -0.492 e. The molecule has 0 radical (unpaired) electrons. The van der Waals surface area contributed by atoms with Crippen LogP contribution in [0.5, 0.6) is 5.75 Å². The Balaban J connectivity index is 1.72. The lowest BCUT2D eigenvalue weighted by atomic mass is 10.1. The van der Waals surface area contributed by atoms with Crippen LogP contribution < -0.4 is 20.7 Å². The molecule has 38 heavy (non-hydrogen) atoms. The number of aromatic nitrogens is 3. The SMILES string of the molecule is CCOc1cc(-c2ncc(NC(=O)Nc3cc(C(=O)NCCN(C)C)cc(C(F)(F)F)c3)cn2)cnc1C. The number of alkyl halides is 3. The maximum absolute atomic E-state index is 13.4. The summed E-state index contributed by atoms with van der Waals surface area (Å²) in [7, 11) is 3.60. The van der Waals surface area contributed by atoms with Gasteiger partial charge in [-0.1, -0.05) is 0 Å². The average molecular weight is 532 g/mol. The van der Waals surface area contributed by atoms with Crippen LogP contribution in [0.25, 0.3) is 11.4 Å². The van der Waals surface area contributed by atoms with Crippen molar-refractivity contribution in [1.82, 2.24) is 25.2 Å². The van der Waals surface area contributed by atoms with Crippen molar-refractivity contribution in [2.75, 3.05) is 44.4 Å². The number of rotatable bonds is 9. The van der Waals surface area contributed by atoms with E-state index in [0.717, 1.165) is 12.1 Å². The first-order valence-corrected chi connectivity index (χ1v) is 11.6. The van der Waals surface area contributed by atoms with E-state index < -0.39 is 23.7 Å². The van der Waals surface area contributed by atoms with Crippen molar-refractivity contribution < 1.29 is 27.5 Å². The van der Waals surface area contributed by atoms with Gasteiger partial charge in [0.2, 0.25) is 0 Å². The molecule has 1 aromatic carbocycles. The van der Waals surface area contributed by atoms with Gasteiger partial charge in [-0.25, -0.2) is 14.8 Å². The predicted molar refractivity (Wildman–Crippen MR) is 136 cm³/mol.